The summed E-state index contributed by atoms with van der Waals surface area (Å²) in [5.41, 5.74) is 1.36. The van der Waals surface area contributed by atoms with Crippen LogP contribution in [0.4, 0.5) is 0 Å². The largest absolute Gasteiger partial charge is 0.353 e. The summed E-state index contributed by atoms with van der Waals surface area (Å²) in [6.07, 6.45) is 4.84. The Labute approximate surface area is 98.4 Å². The predicted octanol–water partition coefficient (Wildman–Crippen LogP) is 1.46. The normalized spacial score (nSPS) is 22.5. The standard InChI is InChI=1S/C13H23N3/c1-15-7-3-5-12(11-15)9-14-10-13-6-4-8-16(13)2/h4,6,8,12,14H,3,5,7,9-11H2,1-2H3. The molecule has 0 aromatic carbocycles. The van der Waals surface area contributed by atoms with Gasteiger partial charge in [-0.2, -0.15) is 0 Å². The summed E-state index contributed by atoms with van der Waals surface area (Å²) < 4.78 is 2.18. The van der Waals surface area contributed by atoms with Gasteiger partial charge in [-0.25, -0.2) is 0 Å². The highest BCUT2D eigenvalue weighted by molar-refractivity contribution is 5.05. The van der Waals surface area contributed by atoms with Gasteiger partial charge in [0.1, 0.15) is 0 Å². The van der Waals surface area contributed by atoms with Crippen LogP contribution in [0.3, 0.4) is 0 Å². The van der Waals surface area contributed by atoms with Crippen LogP contribution in [0.25, 0.3) is 0 Å². The Kier molecular flexibility index (Phi) is 4.02. The van der Waals surface area contributed by atoms with E-state index in [-0.39, 0.29) is 0 Å². The molecule has 0 spiro atoms. The molecule has 0 saturated carbocycles. The molecule has 3 heteroatoms. The summed E-state index contributed by atoms with van der Waals surface area (Å²) in [5, 5.41) is 3.57. The lowest BCUT2D eigenvalue weighted by Crippen LogP contribution is -2.37. The second kappa shape index (κ2) is 5.51. The van der Waals surface area contributed by atoms with Crippen molar-refractivity contribution in [1.29, 1.82) is 0 Å². The van der Waals surface area contributed by atoms with Crippen molar-refractivity contribution in [2.24, 2.45) is 13.0 Å². The summed E-state index contributed by atoms with van der Waals surface area (Å²) in [6.45, 7) is 4.66. The molecule has 90 valence electrons. The number of likely N-dealkylation sites (tertiary alicyclic amines) is 1. The highest BCUT2D eigenvalue weighted by atomic mass is 15.1. The zero-order valence-corrected chi connectivity index (χ0v) is 10.4. The Morgan fingerprint density at radius 3 is 3.00 bits per heavy atom. The number of aryl methyl sites for hydroxylation is 1. The fraction of sp³-hybridized carbons (Fsp3) is 0.692. The molecule has 2 heterocycles. The van der Waals surface area contributed by atoms with Gasteiger partial charge in [0.15, 0.2) is 0 Å². The Morgan fingerprint density at radius 2 is 2.31 bits per heavy atom. The molecule has 1 aromatic heterocycles. The van der Waals surface area contributed by atoms with E-state index < -0.39 is 0 Å². The van der Waals surface area contributed by atoms with Gasteiger partial charge in [0.25, 0.3) is 0 Å². The molecule has 1 aliphatic heterocycles. The average Bonchev–Trinajstić information content (AvgIpc) is 2.65. The molecular formula is C13H23N3. The van der Waals surface area contributed by atoms with Gasteiger partial charge in [0, 0.05) is 32.0 Å². The highest BCUT2D eigenvalue weighted by Gasteiger charge is 2.16. The van der Waals surface area contributed by atoms with Gasteiger partial charge in [-0.15, -0.1) is 0 Å². The van der Waals surface area contributed by atoms with Gasteiger partial charge in [-0.1, -0.05) is 0 Å². The lowest BCUT2D eigenvalue weighted by Gasteiger charge is -2.29. The van der Waals surface area contributed by atoms with E-state index in [9.17, 15) is 0 Å². The molecule has 1 saturated heterocycles. The lowest BCUT2D eigenvalue weighted by atomic mass is 9.98. The Bertz CT molecular complexity index is 319. The summed E-state index contributed by atoms with van der Waals surface area (Å²) in [4.78, 5) is 2.44. The van der Waals surface area contributed by atoms with Gasteiger partial charge in [-0.05, 0) is 51.0 Å². The molecule has 3 nitrogen and oxygen atoms in total. The van der Waals surface area contributed by atoms with Crippen LogP contribution in [0.1, 0.15) is 18.5 Å². The highest BCUT2D eigenvalue weighted by Crippen LogP contribution is 2.14. The van der Waals surface area contributed by atoms with Crippen LogP contribution < -0.4 is 5.32 Å². The first-order valence-corrected chi connectivity index (χ1v) is 6.25. The van der Waals surface area contributed by atoms with Gasteiger partial charge in [0.05, 0.1) is 0 Å². The van der Waals surface area contributed by atoms with Gasteiger partial charge in [0.2, 0.25) is 0 Å². The zero-order valence-electron chi connectivity index (χ0n) is 10.4. The summed E-state index contributed by atoms with van der Waals surface area (Å²) in [6, 6.07) is 4.28. The number of hydrogen-bond donors (Lipinski definition) is 1. The molecule has 16 heavy (non-hydrogen) atoms. The summed E-state index contributed by atoms with van der Waals surface area (Å²) >= 11 is 0. The van der Waals surface area contributed by atoms with Gasteiger partial charge >= 0.3 is 0 Å². The summed E-state index contributed by atoms with van der Waals surface area (Å²) in [7, 11) is 4.33. The number of nitrogens with zero attached hydrogens (tertiary/aromatic N) is 2. The Morgan fingerprint density at radius 1 is 1.44 bits per heavy atom. The van der Waals surface area contributed by atoms with Crippen LogP contribution in [-0.4, -0.2) is 36.1 Å². The minimum atomic E-state index is 0.832. The smallest absolute Gasteiger partial charge is 0.0359 e. The minimum absolute atomic E-state index is 0.832. The number of piperidine rings is 1. The maximum Gasteiger partial charge on any atom is 0.0359 e. The molecule has 0 aliphatic carbocycles. The molecule has 0 bridgehead atoms. The van der Waals surface area contributed by atoms with E-state index in [0.717, 1.165) is 19.0 Å². The van der Waals surface area contributed by atoms with Crippen molar-refractivity contribution in [1.82, 2.24) is 14.8 Å². The Balaban J connectivity index is 1.70. The molecule has 2 rings (SSSR count). The topological polar surface area (TPSA) is 20.2 Å². The van der Waals surface area contributed by atoms with Crippen molar-refractivity contribution in [3.63, 3.8) is 0 Å². The molecule has 1 atom stereocenters. The molecule has 1 fully saturated rings. The number of aromatic nitrogens is 1. The van der Waals surface area contributed by atoms with Gasteiger partial charge in [-0.3, -0.25) is 0 Å². The summed E-state index contributed by atoms with van der Waals surface area (Å²) in [5.74, 6) is 0.832. The van der Waals surface area contributed by atoms with Crippen LogP contribution in [0.5, 0.6) is 0 Å². The lowest BCUT2D eigenvalue weighted by molar-refractivity contribution is 0.206. The Hall–Kier alpha value is -0.800. The van der Waals surface area contributed by atoms with E-state index in [1.165, 1.54) is 31.6 Å². The molecule has 0 radical (unpaired) electrons. The maximum atomic E-state index is 3.57. The van der Waals surface area contributed by atoms with Crippen LogP contribution in [0.2, 0.25) is 0 Å². The number of hydrogen-bond acceptors (Lipinski definition) is 2. The first-order chi connectivity index (χ1) is 7.75. The van der Waals surface area contributed by atoms with Gasteiger partial charge < -0.3 is 14.8 Å². The third-order valence-electron chi connectivity index (χ3n) is 3.51. The second-order valence-corrected chi connectivity index (χ2v) is 5.01. The van der Waals surface area contributed by atoms with Crippen molar-refractivity contribution in [3.8, 4) is 0 Å². The van der Waals surface area contributed by atoms with Crippen molar-refractivity contribution in [2.75, 3.05) is 26.7 Å². The van der Waals surface area contributed by atoms with Crippen LogP contribution >= 0.6 is 0 Å². The van der Waals surface area contributed by atoms with E-state index >= 15 is 0 Å². The fourth-order valence-corrected chi connectivity index (χ4v) is 2.52. The third-order valence-corrected chi connectivity index (χ3v) is 3.51. The van der Waals surface area contributed by atoms with Crippen molar-refractivity contribution in [2.45, 2.75) is 19.4 Å². The SMILES string of the molecule is CN1CCCC(CNCc2cccn2C)C1. The van der Waals surface area contributed by atoms with Crippen molar-refractivity contribution < 1.29 is 0 Å². The van der Waals surface area contributed by atoms with E-state index in [1.807, 2.05) is 0 Å². The van der Waals surface area contributed by atoms with E-state index in [4.69, 9.17) is 0 Å². The molecule has 1 aliphatic rings. The number of rotatable bonds is 4. The van der Waals surface area contributed by atoms with E-state index in [1.54, 1.807) is 0 Å². The number of nitrogens with one attached hydrogen (secondary N) is 1. The van der Waals surface area contributed by atoms with Crippen LogP contribution in [0.15, 0.2) is 18.3 Å². The quantitative estimate of drug-likeness (QED) is 0.830. The molecular weight excluding hydrogens is 198 g/mol. The van der Waals surface area contributed by atoms with E-state index in [2.05, 4.69) is 47.2 Å². The monoisotopic (exact) mass is 221 g/mol. The molecule has 1 aromatic rings. The predicted molar refractivity (Wildman–Crippen MR) is 67.3 cm³/mol. The van der Waals surface area contributed by atoms with Crippen LogP contribution in [0, 0.1) is 5.92 Å². The average molecular weight is 221 g/mol. The first-order valence-electron chi connectivity index (χ1n) is 6.25. The maximum absolute atomic E-state index is 3.57. The third kappa shape index (κ3) is 3.09. The zero-order chi connectivity index (χ0) is 11.4. The van der Waals surface area contributed by atoms with Crippen LogP contribution in [-0.2, 0) is 13.6 Å². The second-order valence-electron chi connectivity index (χ2n) is 5.01. The molecule has 1 N–H and O–H groups in total. The van der Waals surface area contributed by atoms with E-state index in [0.29, 0.717) is 0 Å². The first kappa shape index (κ1) is 11.7. The fourth-order valence-electron chi connectivity index (χ4n) is 2.52. The molecule has 0 amide bonds. The van der Waals surface area contributed by atoms with Crippen molar-refractivity contribution >= 4 is 0 Å². The van der Waals surface area contributed by atoms with Crippen molar-refractivity contribution in [3.05, 3.63) is 24.0 Å². The molecule has 1 unspecified atom stereocenters. The minimum Gasteiger partial charge on any atom is -0.353 e.